The van der Waals surface area contributed by atoms with Crippen molar-refractivity contribution in [1.82, 2.24) is 4.31 Å². The molecular weight excluding hydrogens is 246 g/mol. The predicted molar refractivity (Wildman–Crippen MR) is 61.8 cm³/mol. The Labute approximate surface area is 102 Å². The Hall–Kier alpha value is -0.660. The maximum absolute atomic E-state index is 12.2. The number of carbonyl (C=O) groups is 1. The molecule has 1 saturated heterocycles. The molecule has 0 aliphatic carbocycles. The molecule has 1 aliphatic heterocycles. The Morgan fingerprint density at radius 3 is 2.35 bits per heavy atom. The minimum absolute atomic E-state index is 0.0562. The van der Waals surface area contributed by atoms with Crippen LogP contribution in [0.4, 0.5) is 0 Å². The van der Waals surface area contributed by atoms with Crippen molar-refractivity contribution in [2.75, 3.05) is 13.7 Å². The van der Waals surface area contributed by atoms with Crippen LogP contribution in [-0.2, 0) is 19.6 Å². The van der Waals surface area contributed by atoms with Gasteiger partial charge in [0.05, 0.1) is 18.0 Å². The molecule has 0 aromatic heterocycles. The molecule has 100 valence electrons. The lowest BCUT2D eigenvalue weighted by Gasteiger charge is -2.29. The maximum Gasteiger partial charge on any atom is 0.324 e. The number of methoxy groups -OCH3 is 1. The van der Waals surface area contributed by atoms with Crippen LogP contribution in [0, 0.1) is 0 Å². The van der Waals surface area contributed by atoms with E-state index in [1.807, 2.05) is 0 Å². The fraction of sp³-hybridized carbons (Fsp3) is 0.900. The number of aliphatic hydroxyl groups excluding tert-OH is 1. The van der Waals surface area contributed by atoms with Crippen molar-refractivity contribution < 1.29 is 23.1 Å². The van der Waals surface area contributed by atoms with Crippen molar-refractivity contribution >= 4 is 16.0 Å². The number of β-amino-alcohol motifs (C(OH)–C–C–N with tert-alkyl or cyclic N) is 1. The van der Waals surface area contributed by atoms with E-state index in [9.17, 15) is 18.3 Å². The van der Waals surface area contributed by atoms with Gasteiger partial charge in [-0.05, 0) is 20.8 Å². The molecule has 0 radical (unpaired) electrons. The van der Waals surface area contributed by atoms with Gasteiger partial charge >= 0.3 is 5.97 Å². The van der Waals surface area contributed by atoms with E-state index in [0.717, 1.165) is 4.31 Å². The Morgan fingerprint density at radius 2 is 1.94 bits per heavy atom. The van der Waals surface area contributed by atoms with Gasteiger partial charge in [-0.15, -0.1) is 0 Å². The summed E-state index contributed by atoms with van der Waals surface area (Å²) in [4.78, 5) is 11.5. The van der Waals surface area contributed by atoms with E-state index in [-0.39, 0.29) is 13.0 Å². The zero-order chi connectivity index (χ0) is 13.4. The number of hydrogen-bond acceptors (Lipinski definition) is 5. The quantitative estimate of drug-likeness (QED) is 0.694. The van der Waals surface area contributed by atoms with Gasteiger partial charge in [0.25, 0.3) is 0 Å². The first-order chi connectivity index (χ1) is 7.61. The molecule has 0 bridgehead atoms. The molecule has 7 heteroatoms. The van der Waals surface area contributed by atoms with Crippen molar-refractivity contribution in [3.8, 4) is 0 Å². The summed E-state index contributed by atoms with van der Waals surface area (Å²) in [6.45, 7) is 4.61. The van der Waals surface area contributed by atoms with E-state index in [4.69, 9.17) is 0 Å². The summed E-state index contributed by atoms with van der Waals surface area (Å²) in [6.07, 6.45) is -0.738. The first-order valence-corrected chi connectivity index (χ1v) is 6.82. The summed E-state index contributed by atoms with van der Waals surface area (Å²) in [5, 5.41) is 9.53. The normalized spacial score (nSPS) is 27.1. The summed E-state index contributed by atoms with van der Waals surface area (Å²) in [5.74, 6) is -0.630. The molecule has 0 saturated carbocycles. The fourth-order valence-corrected chi connectivity index (χ4v) is 3.33. The number of rotatable bonds is 2. The molecule has 0 aromatic rings. The van der Waals surface area contributed by atoms with Gasteiger partial charge in [-0.2, -0.15) is 4.31 Å². The monoisotopic (exact) mass is 265 g/mol. The van der Waals surface area contributed by atoms with Crippen LogP contribution in [0.15, 0.2) is 0 Å². The molecule has 2 atom stereocenters. The fourth-order valence-electron chi connectivity index (χ4n) is 1.75. The van der Waals surface area contributed by atoms with Crippen LogP contribution in [0.3, 0.4) is 0 Å². The van der Waals surface area contributed by atoms with Gasteiger partial charge in [-0.25, -0.2) is 8.42 Å². The van der Waals surface area contributed by atoms with Crippen molar-refractivity contribution in [2.24, 2.45) is 0 Å². The van der Waals surface area contributed by atoms with E-state index < -0.39 is 32.9 Å². The molecule has 1 N–H and O–H groups in total. The highest BCUT2D eigenvalue weighted by Crippen LogP contribution is 2.29. The number of ether oxygens (including phenoxy) is 1. The second-order valence-corrected chi connectivity index (χ2v) is 7.76. The first-order valence-electron chi connectivity index (χ1n) is 5.38. The first kappa shape index (κ1) is 14.4. The molecular formula is C10H19NO5S. The van der Waals surface area contributed by atoms with E-state index in [2.05, 4.69) is 4.74 Å². The second-order valence-electron chi connectivity index (χ2n) is 5.12. The average molecular weight is 265 g/mol. The Morgan fingerprint density at radius 1 is 1.41 bits per heavy atom. The summed E-state index contributed by atoms with van der Waals surface area (Å²) in [6, 6.07) is -0.917. The minimum atomic E-state index is -3.64. The van der Waals surface area contributed by atoms with Gasteiger partial charge < -0.3 is 9.84 Å². The van der Waals surface area contributed by atoms with Gasteiger partial charge in [0.15, 0.2) is 0 Å². The zero-order valence-corrected chi connectivity index (χ0v) is 11.3. The Bertz CT molecular complexity index is 397. The Balaban J connectivity index is 3.08. The lowest BCUT2D eigenvalue weighted by molar-refractivity contribution is -0.144. The van der Waals surface area contributed by atoms with Crippen molar-refractivity contribution in [1.29, 1.82) is 0 Å². The standard InChI is InChI=1S/C10H19NO5S/c1-10(2,3)17(14,15)11-6-7(12)5-8(11)9(13)16-4/h7-8,12H,5-6H2,1-4H3. The third kappa shape index (κ3) is 2.61. The molecule has 1 rings (SSSR count). The topological polar surface area (TPSA) is 83.9 Å². The highest BCUT2D eigenvalue weighted by atomic mass is 32.2. The zero-order valence-electron chi connectivity index (χ0n) is 10.5. The van der Waals surface area contributed by atoms with Gasteiger partial charge in [0, 0.05) is 13.0 Å². The van der Waals surface area contributed by atoms with Gasteiger partial charge in [-0.3, -0.25) is 4.79 Å². The summed E-state index contributed by atoms with van der Waals surface area (Å²) in [5.41, 5.74) is 0. The molecule has 2 unspecified atom stereocenters. The molecule has 1 heterocycles. The third-order valence-electron chi connectivity index (χ3n) is 2.79. The summed E-state index contributed by atoms with van der Waals surface area (Å²) >= 11 is 0. The van der Waals surface area contributed by atoms with Crippen LogP contribution in [0.25, 0.3) is 0 Å². The van der Waals surface area contributed by atoms with Crippen molar-refractivity contribution in [3.63, 3.8) is 0 Å². The number of carbonyl (C=O) groups excluding carboxylic acids is 1. The van der Waals surface area contributed by atoms with Crippen LogP contribution >= 0.6 is 0 Å². The van der Waals surface area contributed by atoms with E-state index in [1.54, 1.807) is 20.8 Å². The van der Waals surface area contributed by atoms with E-state index in [0.29, 0.717) is 0 Å². The van der Waals surface area contributed by atoms with E-state index in [1.165, 1.54) is 7.11 Å². The molecule has 1 fully saturated rings. The van der Waals surface area contributed by atoms with Crippen molar-refractivity contribution in [3.05, 3.63) is 0 Å². The molecule has 17 heavy (non-hydrogen) atoms. The largest absolute Gasteiger partial charge is 0.468 e. The number of aliphatic hydroxyl groups is 1. The van der Waals surface area contributed by atoms with E-state index >= 15 is 0 Å². The lowest BCUT2D eigenvalue weighted by atomic mass is 10.2. The van der Waals surface area contributed by atoms with Crippen LogP contribution < -0.4 is 0 Å². The number of esters is 1. The molecule has 6 nitrogen and oxygen atoms in total. The highest BCUT2D eigenvalue weighted by molar-refractivity contribution is 7.90. The number of hydrogen-bond donors (Lipinski definition) is 1. The van der Waals surface area contributed by atoms with Crippen molar-refractivity contribution in [2.45, 2.75) is 44.1 Å². The summed E-state index contributed by atoms with van der Waals surface area (Å²) < 4.78 is 29.1. The Kier molecular flexibility index (Phi) is 3.85. The second kappa shape index (κ2) is 4.55. The minimum Gasteiger partial charge on any atom is -0.468 e. The van der Waals surface area contributed by atoms with Crippen LogP contribution in [0.5, 0.6) is 0 Å². The highest BCUT2D eigenvalue weighted by Gasteiger charge is 2.47. The lowest BCUT2D eigenvalue weighted by Crippen LogP contribution is -2.48. The summed E-state index contributed by atoms with van der Waals surface area (Å²) in [7, 11) is -2.44. The van der Waals surface area contributed by atoms with Crippen LogP contribution in [0.1, 0.15) is 27.2 Å². The molecule has 1 aliphatic rings. The van der Waals surface area contributed by atoms with Crippen LogP contribution in [0.2, 0.25) is 0 Å². The molecule has 0 amide bonds. The third-order valence-corrected chi connectivity index (χ3v) is 5.36. The van der Waals surface area contributed by atoms with Gasteiger partial charge in [-0.1, -0.05) is 0 Å². The number of nitrogens with zero attached hydrogens (tertiary/aromatic N) is 1. The molecule has 0 spiro atoms. The number of sulfonamides is 1. The molecule has 0 aromatic carbocycles. The van der Waals surface area contributed by atoms with Gasteiger partial charge in [0.2, 0.25) is 10.0 Å². The SMILES string of the molecule is COC(=O)C1CC(O)CN1S(=O)(=O)C(C)(C)C. The predicted octanol–water partition coefficient (Wildman–Crippen LogP) is -0.277. The van der Waals surface area contributed by atoms with Crippen LogP contribution in [-0.4, -0.2) is 54.3 Å². The smallest absolute Gasteiger partial charge is 0.324 e. The maximum atomic E-state index is 12.2. The van der Waals surface area contributed by atoms with Gasteiger partial charge in [0.1, 0.15) is 6.04 Å². The average Bonchev–Trinajstić information content (AvgIpc) is 2.58.